The first-order chi connectivity index (χ1) is 7.95. The molecular weight excluding hydrogens is 232 g/mol. The third kappa shape index (κ3) is 3.50. The number of hydrogen-bond donors (Lipinski definition) is 1. The van der Waals surface area contributed by atoms with Gasteiger partial charge in [0.25, 0.3) is 0 Å². The number of likely N-dealkylation sites (tertiary alicyclic amines) is 1. The van der Waals surface area contributed by atoms with E-state index >= 15 is 0 Å². The smallest absolute Gasteiger partial charge is 0.107 e. The van der Waals surface area contributed by atoms with Gasteiger partial charge in [0, 0.05) is 12.7 Å². The molecule has 1 atom stereocenters. The van der Waals surface area contributed by atoms with Crippen LogP contribution in [-0.4, -0.2) is 28.1 Å². The standard InChI is InChI=1S/C13H22N2OS/c1-10-5-4-6-15(8-10)9-12-14-7-11(17-12)13(2,3)16/h7,10,16H,4-6,8-9H2,1-3H3. The van der Waals surface area contributed by atoms with Crippen LogP contribution in [0.4, 0.5) is 0 Å². The van der Waals surface area contributed by atoms with Gasteiger partial charge in [-0.3, -0.25) is 4.90 Å². The van der Waals surface area contributed by atoms with E-state index in [1.165, 1.54) is 25.9 Å². The molecule has 1 N–H and O–H groups in total. The van der Waals surface area contributed by atoms with Gasteiger partial charge in [0.05, 0.1) is 17.0 Å². The number of piperidine rings is 1. The lowest BCUT2D eigenvalue weighted by atomic mass is 10.0. The molecule has 17 heavy (non-hydrogen) atoms. The van der Waals surface area contributed by atoms with Crippen LogP contribution in [0.15, 0.2) is 6.20 Å². The van der Waals surface area contributed by atoms with Crippen molar-refractivity contribution in [2.45, 2.75) is 45.8 Å². The lowest BCUT2D eigenvalue weighted by Crippen LogP contribution is -2.33. The van der Waals surface area contributed by atoms with Gasteiger partial charge >= 0.3 is 0 Å². The Balaban J connectivity index is 1.97. The van der Waals surface area contributed by atoms with E-state index in [0.717, 1.165) is 22.3 Å². The minimum absolute atomic E-state index is 0.759. The molecule has 1 fully saturated rings. The fourth-order valence-electron chi connectivity index (χ4n) is 2.29. The maximum atomic E-state index is 9.91. The van der Waals surface area contributed by atoms with Crippen LogP contribution in [0.5, 0.6) is 0 Å². The largest absolute Gasteiger partial charge is 0.385 e. The van der Waals surface area contributed by atoms with Gasteiger partial charge in [0.15, 0.2) is 0 Å². The van der Waals surface area contributed by atoms with Crippen LogP contribution in [-0.2, 0) is 12.1 Å². The molecule has 1 aliphatic rings. The molecule has 1 aliphatic heterocycles. The lowest BCUT2D eigenvalue weighted by Gasteiger charge is -2.29. The Morgan fingerprint density at radius 1 is 1.59 bits per heavy atom. The average molecular weight is 254 g/mol. The Kier molecular flexibility index (Phi) is 3.85. The van der Waals surface area contributed by atoms with Crippen molar-refractivity contribution < 1.29 is 5.11 Å². The minimum Gasteiger partial charge on any atom is -0.385 e. The van der Waals surface area contributed by atoms with Gasteiger partial charge in [-0.05, 0) is 39.2 Å². The normalized spacial score (nSPS) is 22.9. The molecule has 0 bridgehead atoms. The molecule has 0 amide bonds. The van der Waals surface area contributed by atoms with Crippen molar-refractivity contribution in [3.63, 3.8) is 0 Å². The van der Waals surface area contributed by atoms with E-state index in [-0.39, 0.29) is 0 Å². The summed E-state index contributed by atoms with van der Waals surface area (Å²) in [5.41, 5.74) is -0.759. The fraction of sp³-hybridized carbons (Fsp3) is 0.769. The summed E-state index contributed by atoms with van der Waals surface area (Å²) in [5, 5.41) is 11.0. The molecule has 1 aromatic rings. The molecular formula is C13H22N2OS. The van der Waals surface area contributed by atoms with Gasteiger partial charge in [-0.1, -0.05) is 6.92 Å². The Morgan fingerprint density at radius 3 is 2.94 bits per heavy atom. The molecule has 0 saturated carbocycles. The summed E-state index contributed by atoms with van der Waals surface area (Å²) in [6.07, 6.45) is 4.46. The highest BCUT2D eigenvalue weighted by Gasteiger charge is 2.21. The van der Waals surface area contributed by atoms with Crippen LogP contribution in [0.1, 0.15) is 43.5 Å². The van der Waals surface area contributed by atoms with Crippen molar-refractivity contribution in [1.82, 2.24) is 9.88 Å². The molecule has 0 radical (unpaired) electrons. The van der Waals surface area contributed by atoms with Gasteiger partial charge in [-0.2, -0.15) is 0 Å². The zero-order valence-corrected chi connectivity index (χ0v) is 11.8. The second kappa shape index (κ2) is 5.04. The highest BCUT2D eigenvalue weighted by atomic mass is 32.1. The third-order valence-electron chi connectivity index (χ3n) is 3.26. The predicted molar refractivity (Wildman–Crippen MR) is 71.0 cm³/mol. The number of nitrogens with zero attached hydrogens (tertiary/aromatic N) is 2. The summed E-state index contributed by atoms with van der Waals surface area (Å²) in [7, 11) is 0. The summed E-state index contributed by atoms with van der Waals surface area (Å²) in [6.45, 7) is 9.24. The molecule has 2 rings (SSSR count). The first-order valence-electron chi connectivity index (χ1n) is 6.35. The first kappa shape index (κ1) is 13.0. The summed E-state index contributed by atoms with van der Waals surface area (Å²) in [4.78, 5) is 7.85. The van der Waals surface area contributed by atoms with Crippen molar-refractivity contribution in [2.75, 3.05) is 13.1 Å². The number of hydrogen-bond acceptors (Lipinski definition) is 4. The maximum absolute atomic E-state index is 9.91. The molecule has 4 heteroatoms. The number of aromatic nitrogens is 1. The first-order valence-corrected chi connectivity index (χ1v) is 7.16. The van der Waals surface area contributed by atoms with E-state index in [9.17, 15) is 5.11 Å². The average Bonchev–Trinajstić information content (AvgIpc) is 2.65. The molecule has 0 spiro atoms. The molecule has 2 heterocycles. The maximum Gasteiger partial charge on any atom is 0.107 e. The zero-order valence-electron chi connectivity index (χ0n) is 10.9. The Morgan fingerprint density at radius 2 is 2.35 bits per heavy atom. The van der Waals surface area contributed by atoms with Crippen molar-refractivity contribution in [1.29, 1.82) is 0 Å². The molecule has 0 aromatic carbocycles. The van der Waals surface area contributed by atoms with E-state index in [0.29, 0.717) is 0 Å². The van der Waals surface area contributed by atoms with Crippen LogP contribution >= 0.6 is 11.3 Å². The van der Waals surface area contributed by atoms with Crippen LogP contribution in [0.25, 0.3) is 0 Å². The van der Waals surface area contributed by atoms with Gasteiger partial charge in [-0.15, -0.1) is 11.3 Å². The van der Waals surface area contributed by atoms with E-state index in [4.69, 9.17) is 0 Å². The SMILES string of the molecule is CC1CCCN(Cc2ncc(C(C)(C)O)s2)C1. The minimum atomic E-state index is -0.759. The quantitative estimate of drug-likeness (QED) is 0.900. The van der Waals surface area contributed by atoms with E-state index in [1.54, 1.807) is 11.3 Å². The molecule has 1 aromatic heterocycles. The van der Waals surface area contributed by atoms with Crippen LogP contribution < -0.4 is 0 Å². The highest BCUT2D eigenvalue weighted by Crippen LogP contribution is 2.27. The molecule has 1 saturated heterocycles. The van der Waals surface area contributed by atoms with Crippen LogP contribution in [0, 0.1) is 5.92 Å². The summed E-state index contributed by atoms with van der Waals surface area (Å²) in [6, 6.07) is 0. The van der Waals surface area contributed by atoms with Crippen molar-refractivity contribution in [2.24, 2.45) is 5.92 Å². The van der Waals surface area contributed by atoms with Crippen molar-refractivity contribution >= 4 is 11.3 Å². The monoisotopic (exact) mass is 254 g/mol. The zero-order chi connectivity index (χ0) is 12.5. The lowest BCUT2D eigenvalue weighted by molar-refractivity contribution is 0.0823. The Hall–Kier alpha value is -0.450. The van der Waals surface area contributed by atoms with Crippen LogP contribution in [0.2, 0.25) is 0 Å². The van der Waals surface area contributed by atoms with E-state index in [2.05, 4.69) is 16.8 Å². The number of aliphatic hydroxyl groups is 1. The fourth-order valence-corrected chi connectivity index (χ4v) is 3.25. The van der Waals surface area contributed by atoms with E-state index < -0.39 is 5.60 Å². The molecule has 0 aliphatic carbocycles. The Labute approximate surface area is 107 Å². The molecule has 96 valence electrons. The second-order valence-corrected chi connectivity index (χ2v) is 6.77. The summed E-state index contributed by atoms with van der Waals surface area (Å²) < 4.78 is 0. The summed E-state index contributed by atoms with van der Waals surface area (Å²) >= 11 is 1.63. The molecule has 1 unspecified atom stereocenters. The Bertz CT molecular complexity index is 370. The van der Waals surface area contributed by atoms with Crippen molar-refractivity contribution in [3.8, 4) is 0 Å². The van der Waals surface area contributed by atoms with E-state index in [1.807, 2.05) is 20.0 Å². The number of thiazole rings is 1. The van der Waals surface area contributed by atoms with Gasteiger partial charge in [0.2, 0.25) is 0 Å². The highest BCUT2D eigenvalue weighted by molar-refractivity contribution is 7.11. The topological polar surface area (TPSA) is 36.4 Å². The predicted octanol–water partition coefficient (Wildman–Crippen LogP) is 2.60. The van der Waals surface area contributed by atoms with Gasteiger partial charge in [-0.25, -0.2) is 4.98 Å². The summed E-state index contributed by atoms with van der Waals surface area (Å²) in [5.74, 6) is 0.803. The van der Waals surface area contributed by atoms with Gasteiger partial charge < -0.3 is 5.11 Å². The van der Waals surface area contributed by atoms with Gasteiger partial charge in [0.1, 0.15) is 5.01 Å². The molecule has 3 nitrogen and oxygen atoms in total. The van der Waals surface area contributed by atoms with Crippen LogP contribution in [0.3, 0.4) is 0 Å². The number of rotatable bonds is 3. The van der Waals surface area contributed by atoms with Crippen molar-refractivity contribution in [3.05, 3.63) is 16.1 Å². The third-order valence-corrected chi connectivity index (χ3v) is 4.55. The second-order valence-electron chi connectivity index (χ2n) is 5.66.